The second kappa shape index (κ2) is 7.67. The van der Waals surface area contributed by atoms with E-state index >= 15 is 0 Å². The molecule has 0 fully saturated rings. The maximum atomic E-state index is 12.3. The van der Waals surface area contributed by atoms with Crippen LogP contribution in [0, 0.1) is 5.92 Å². The molecule has 1 rings (SSSR count). The summed E-state index contributed by atoms with van der Waals surface area (Å²) in [4.78, 5) is 0. The second-order valence-corrected chi connectivity index (χ2v) is 5.91. The fourth-order valence-electron chi connectivity index (χ4n) is 1.64. The van der Waals surface area contributed by atoms with Crippen LogP contribution in [0.25, 0.3) is 0 Å². The first-order chi connectivity index (χ1) is 8.89. The molecule has 0 saturated carbocycles. The number of nitrogens with one attached hydrogen (secondary N) is 1. The van der Waals surface area contributed by atoms with Crippen LogP contribution in [-0.4, -0.2) is 16.7 Å². The average Bonchev–Trinajstić information content (AvgIpc) is 2.75. The Hall–Kier alpha value is -0.850. The summed E-state index contributed by atoms with van der Waals surface area (Å²) < 4.78 is 36.8. The number of rotatable bonds is 8. The van der Waals surface area contributed by atoms with Crippen molar-refractivity contribution in [1.29, 1.82) is 0 Å². The van der Waals surface area contributed by atoms with Crippen LogP contribution in [0.3, 0.4) is 0 Å². The molecule has 110 valence electrons. The van der Waals surface area contributed by atoms with Crippen molar-refractivity contribution in [2.45, 2.75) is 52.1 Å². The Bertz CT molecular complexity index is 363. The molecular weight excluding hydrogens is 275 g/mol. The quantitative estimate of drug-likeness (QED) is 0.714. The Morgan fingerprint density at radius 1 is 1.11 bits per heavy atom. The lowest BCUT2D eigenvalue weighted by atomic mass is 10.0. The minimum absolute atomic E-state index is 0.245. The number of hydrogen-bond acceptors (Lipinski definition) is 4. The normalized spacial score (nSPS) is 12.1. The van der Waals surface area contributed by atoms with E-state index in [4.69, 9.17) is 0 Å². The minimum Gasteiger partial charge on any atom is -0.360 e. The predicted octanol–water partition coefficient (Wildman–Crippen LogP) is 4.58. The highest BCUT2D eigenvalue weighted by Gasteiger charge is 2.35. The molecule has 1 heterocycles. The maximum absolute atomic E-state index is 12.3. The molecule has 0 amide bonds. The molecule has 1 aromatic rings. The highest BCUT2D eigenvalue weighted by atomic mass is 32.1. The summed E-state index contributed by atoms with van der Waals surface area (Å²) in [6.07, 6.45) is 1.26. The summed E-state index contributed by atoms with van der Waals surface area (Å²) in [5.41, 5.74) is 0. The van der Waals surface area contributed by atoms with Gasteiger partial charge in [0, 0.05) is 6.54 Å². The van der Waals surface area contributed by atoms with Gasteiger partial charge in [-0.05, 0) is 12.3 Å². The SMILES string of the molecule is CC(C)CCCCCCNc1nnc(C(F)(F)F)s1. The second-order valence-electron chi connectivity index (χ2n) is 4.93. The van der Waals surface area contributed by atoms with Crippen molar-refractivity contribution in [3.8, 4) is 0 Å². The zero-order valence-electron chi connectivity index (χ0n) is 11.3. The average molecular weight is 295 g/mol. The largest absolute Gasteiger partial charge is 0.445 e. The van der Waals surface area contributed by atoms with Crippen molar-refractivity contribution in [1.82, 2.24) is 10.2 Å². The molecule has 0 spiro atoms. The van der Waals surface area contributed by atoms with Crippen LogP contribution < -0.4 is 5.32 Å². The predicted molar refractivity (Wildman–Crippen MR) is 71.3 cm³/mol. The number of unbranched alkanes of at least 4 members (excludes halogenated alkanes) is 3. The third-order valence-corrected chi connectivity index (χ3v) is 3.58. The highest BCUT2D eigenvalue weighted by molar-refractivity contribution is 7.15. The first-order valence-corrected chi connectivity index (χ1v) is 7.36. The highest BCUT2D eigenvalue weighted by Crippen LogP contribution is 2.32. The van der Waals surface area contributed by atoms with Crippen molar-refractivity contribution in [2.75, 3.05) is 11.9 Å². The first kappa shape index (κ1) is 16.2. The van der Waals surface area contributed by atoms with Gasteiger partial charge in [-0.25, -0.2) is 0 Å². The fourth-order valence-corrected chi connectivity index (χ4v) is 2.27. The molecule has 1 aromatic heterocycles. The van der Waals surface area contributed by atoms with E-state index in [1.165, 1.54) is 19.3 Å². The molecule has 0 unspecified atom stereocenters. The molecular formula is C12H20F3N3S. The van der Waals surface area contributed by atoms with Gasteiger partial charge in [-0.3, -0.25) is 0 Å². The summed E-state index contributed by atoms with van der Waals surface area (Å²) in [7, 11) is 0. The van der Waals surface area contributed by atoms with Crippen molar-refractivity contribution in [3.63, 3.8) is 0 Å². The molecule has 0 aromatic carbocycles. The molecule has 19 heavy (non-hydrogen) atoms. The van der Waals surface area contributed by atoms with Gasteiger partial charge in [0.05, 0.1) is 0 Å². The van der Waals surface area contributed by atoms with Crippen molar-refractivity contribution in [3.05, 3.63) is 5.01 Å². The van der Waals surface area contributed by atoms with Gasteiger partial charge in [-0.15, -0.1) is 10.2 Å². The van der Waals surface area contributed by atoms with Crippen molar-refractivity contribution < 1.29 is 13.2 Å². The minimum atomic E-state index is -4.39. The van der Waals surface area contributed by atoms with E-state index in [1.54, 1.807) is 0 Å². The third-order valence-electron chi connectivity index (χ3n) is 2.65. The van der Waals surface area contributed by atoms with Gasteiger partial charge < -0.3 is 5.32 Å². The van der Waals surface area contributed by atoms with Gasteiger partial charge in [-0.2, -0.15) is 13.2 Å². The van der Waals surface area contributed by atoms with Crippen LogP contribution in [0.2, 0.25) is 0 Å². The topological polar surface area (TPSA) is 37.8 Å². The Labute approximate surface area is 115 Å². The summed E-state index contributed by atoms with van der Waals surface area (Å²) in [6, 6.07) is 0. The Kier molecular flexibility index (Phi) is 6.54. The lowest BCUT2D eigenvalue weighted by Crippen LogP contribution is -2.03. The van der Waals surface area contributed by atoms with E-state index in [0.717, 1.165) is 18.8 Å². The van der Waals surface area contributed by atoms with E-state index in [0.29, 0.717) is 17.9 Å². The Balaban J connectivity index is 2.11. The standard InChI is InChI=1S/C12H20F3N3S/c1-9(2)7-5-3-4-6-8-16-11-18-17-10(19-11)12(13,14)15/h9H,3-8H2,1-2H3,(H,16,18). The fraction of sp³-hybridized carbons (Fsp3) is 0.833. The molecule has 7 heteroatoms. The van der Waals surface area contributed by atoms with Crippen LogP contribution in [0.15, 0.2) is 0 Å². The number of aromatic nitrogens is 2. The van der Waals surface area contributed by atoms with Crippen LogP contribution in [-0.2, 0) is 6.18 Å². The smallest absolute Gasteiger partial charge is 0.360 e. The molecule has 0 aliphatic carbocycles. The first-order valence-electron chi connectivity index (χ1n) is 6.54. The molecule has 3 nitrogen and oxygen atoms in total. The molecule has 0 atom stereocenters. The van der Waals surface area contributed by atoms with Gasteiger partial charge in [0.2, 0.25) is 10.1 Å². The molecule has 0 aliphatic heterocycles. The molecule has 0 saturated heterocycles. The molecule has 0 radical (unpaired) electrons. The van der Waals surface area contributed by atoms with Crippen LogP contribution in [0.5, 0.6) is 0 Å². The van der Waals surface area contributed by atoms with Gasteiger partial charge in [0.25, 0.3) is 0 Å². The van der Waals surface area contributed by atoms with E-state index in [2.05, 4.69) is 29.4 Å². The number of hydrogen-bond donors (Lipinski definition) is 1. The monoisotopic (exact) mass is 295 g/mol. The summed E-state index contributed by atoms with van der Waals surface area (Å²) in [5, 5.41) is 8.82. The van der Waals surface area contributed by atoms with Crippen molar-refractivity contribution in [2.24, 2.45) is 5.92 Å². The molecule has 0 aliphatic rings. The molecule has 1 N–H and O–H groups in total. The van der Waals surface area contributed by atoms with E-state index in [1.807, 2.05) is 0 Å². The number of alkyl halides is 3. The van der Waals surface area contributed by atoms with E-state index < -0.39 is 11.2 Å². The van der Waals surface area contributed by atoms with Gasteiger partial charge in [0.15, 0.2) is 0 Å². The van der Waals surface area contributed by atoms with Gasteiger partial charge >= 0.3 is 6.18 Å². The summed E-state index contributed by atoms with van der Waals surface area (Å²) in [6.45, 7) is 5.05. The summed E-state index contributed by atoms with van der Waals surface area (Å²) >= 11 is 0.554. The lowest BCUT2D eigenvalue weighted by molar-refractivity contribution is -0.138. The third kappa shape index (κ3) is 6.75. The van der Waals surface area contributed by atoms with Crippen molar-refractivity contribution >= 4 is 16.5 Å². The number of nitrogens with zero attached hydrogens (tertiary/aromatic N) is 2. The van der Waals surface area contributed by atoms with E-state index in [-0.39, 0.29) is 5.13 Å². The summed E-state index contributed by atoms with van der Waals surface area (Å²) in [5.74, 6) is 0.736. The van der Waals surface area contributed by atoms with E-state index in [9.17, 15) is 13.2 Å². The van der Waals surface area contributed by atoms with Crippen LogP contribution in [0.4, 0.5) is 18.3 Å². The Morgan fingerprint density at radius 2 is 1.79 bits per heavy atom. The molecule has 0 bridgehead atoms. The van der Waals surface area contributed by atoms with Gasteiger partial charge in [-0.1, -0.05) is 50.9 Å². The lowest BCUT2D eigenvalue weighted by Gasteiger charge is -2.04. The van der Waals surface area contributed by atoms with Crippen LogP contribution in [0.1, 0.15) is 51.0 Å². The van der Waals surface area contributed by atoms with Gasteiger partial charge in [0.1, 0.15) is 0 Å². The zero-order valence-corrected chi connectivity index (χ0v) is 12.1. The Morgan fingerprint density at radius 3 is 2.37 bits per heavy atom. The maximum Gasteiger partial charge on any atom is 0.445 e. The zero-order chi connectivity index (χ0) is 14.3. The number of halogens is 3. The number of anilines is 1. The van der Waals surface area contributed by atoms with Crippen LogP contribution >= 0.6 is 11.3 Å².